The molecule has 0 fully saturated rings. The molecular formula is C27H20N2. The van der Waals surface area contributed by atoms with Crippen LogP contribution in [0.4, 0.5) is 0 Å². The summed E-state index contributed by atoms with van der Waals surface area (Å²) in [5.41, 5.74) is 7.76. The number of benzene rings is 3. The highest BCUT2D eigenvalue weighted by molar-refractivity contribution is 6.20. The highest BCUT2D eigenvalue weighted by Gasteiger charge is 2.19. The van der Waals surface area contributed by atoms with Gasteiger partial charge in [-0.2, -0.15) is 0 Å². The SMILES string of the molecule is CC1=CC=Cc2c(ccc3c4ccc5ccccc5c4n(-c4ccncc4)c23)C1. The molecule has 1 aliphatic carbocycles. The molecule has 29 heavy (non-hydrogen) atoms. The van der Waals surface area contributed by atoms with Crippen molar-refractivity contribution >= 4 is 38.7 Å². The molecule has 1 aliphatic rings. The van der Waals surface area contributed by atoms with Crippen LogP contribution in [-0.2, 0) is 6.42 Å². The first-order valence-electron chi connectivity index (χ1n) is 10.0. The molecule has 0 aliphatic heterocycles. The molecule has 0 saturated heterocycles. The van der Waals surface area contributed by atoms with Gasteiger partial charge in [-0.05, 0) is 36.4 Å². The van der Waals surface area contributed by atoms with Crippen LogP contribution in [0.1, 0.15) is 18.1 Å². The van der Waals surface area contributed by atoms with Gasteiger partial charge < -0.3 is 4.57 Å². The van der Waals surface area contributed by atoms with Gasteiger partial charge in [0.1, 0.15) is 0 Å². The van der Waals surface area contributed by atoms with Crippen LogP contribution in [0.15, 0.2) is 90.8 Å². The van der Waals surface area contributed by atoms with Gasteiger partial charge in [-0.15, -0.1) is 0 Å². The van der Waals surface area contributed by atoms with E-state index in [0.29, 0.717) is 0 Å². The predicted octanol–water partition coefficient (Wildman–Crippen LogP) is 6.85. The summed E-state index contributed by atoms with van der Waals surface area (Å²) < 4.78 is 2.43. The van der Waals surface area contributed by atoms with Crippen molar-refractivity contribution < 1.29 is 0 Å². The Morgan fingerprint density at radius 1 is 0.793 bits per heavy atom. The number of hydrogen-bond acceptors (Lipinski definition) is 1. The third-order valence-electron chi connectivity index (χ3n) is 5.98. The van der Waals surface area contributed by atoms with Gasteiger partial charge in [-0.25, -0.2) is 0 Å². The van der Waals surface area contributed by atoms with Crippen LogP contribution in [0.2, 0.25) is 0 Å². The zero-order valence-corrected chi connectivity index (χ0v) is 16.3. The molecule has 2 aromatic heterocycles. The Kier molecular flexibility index (Phi) is 3.48. The van der Waals surface area contributed by atoms with Gasteiger partial charge in [0.05, 0.1) is 11.0 Å². The molecular weight excluding hydrogens is 352 g/mol. The second-order valence-electron chi connectivity index (χ2n) is 7.81. The molecule has 6 rings (SSSR count). The van der Waals surface area contributed by atoms with E-state index in [9.17, 15) is 0 Å². The Morgan fingerprint density at radius 3 is 2.48 bits per heavy atom. The molecule has 0 atom stereocenters. The first kappa shape index (κ1) is 16.3. The number of allylic oxidation sites excluding steroid dienone is 3. The first-order chi connectivity index (χ1) is 14.3. The summed E-state index contributed by atoms with van der Waals surface area (Å²) in [7, 11) is 0. The second-order valence-corrected chi connectivity index (χ2v) is 7.81. The van der Waals surface area contributed by atoms with E-state index in [1.165, 1.54) is 49.3 Å². The van der Waals surface area contributed by atoms with Crippen molar-refractivity contribution in [1.29, 1.82) is 0 Å². The second kappa shape index (κ2) is 6.18. The Morgan fingerprint density at radius 2 is 1.59 bits per heavy atom. The average Bonchev–Trinajstić information content (AvgIpc) is 2.98. The summed E-state index contributed by atoms with van der Waals surface area (Å²) in [4.78, 5) is 4.25. The molecule has 0 spiro atoms. The van der Waals surface area contributed by atoms with Crippen molar-refractivity contribution in [1.82, 2.24) is 9.55 Å². The van der Waals surface area contributed by atoms with Crippen LogP contribution in [0.25, 0.3) is 44.3 Å². The molecule has 0 unspecified atom stereocenters. The standard InChI is InChI=1S/C27H20N2/c1-18-5-4-8-23-20(17-18)10-12-25-24-11-9-19-6-2-3-7-22(19)26(24)29(27(23)25)21-13-15-28-16-14-21/h2-16H,17H2,1H3. The molecule has 2 heterocycles. The minimum absolute atomic E-state index is 0.983. The summed E-state index contributed by atoms with van der Waals surface area (Å²) in [5.74, 6) is 0. The van der Waals surface area contributed by atoms with Gasteiger partial charge >= 0.3 is 0 Å². The monoisotopic (exact) mass is 372 g/mol. The number of fused-ring (bicyclic) bond motifs is 7. The van der Waals surface area contributed by atoms with E-state index in [2.05, 4.69) is 95.4 Å². The number of nitrogens with zero attached hydrogens (tertiary/aromatic N) is 2. The molecule has 0 bridgehead atoms. The Bertz CT molecular complexity index is 1470. The maximum Gasteiger partial charge on any atom is 0.0619 e. The summed E-state index contributed by atoms with van der Waals surface area (Å²) in [6.45, 7) is 2.20. The van der Waals surface area contributed by atoms with E-state index in [1.54, 1.807) is 0 Å². The lowest BCUT2D eigenvalue weighted by molar-refractivity contribution is 1.13. The number of rotatable bonds is 1. The highest BCUT2D eigenvalue weighted by atomic mass is 15.0. The zero-order chi connectivity index (χ0) is 19.4. The third kappa shape index (κ3) is 2.39. The quantitative estimate of drug-likeness (QED) is 0.315. The van der Waals surface area contributed by atoms with Crippen LogP contribution < -0.4 is 0 Å². The van der Waals surface area contributed by atoms with E-state index >= 15 is 0 Å². The number of pyridine rings is 1. The third-order valence-corrected chi connectivity index (χ3v) is 5.98. The molecule has 5 aromatic rings. The van der Waals surface area contributed by atoms with Gasteiger partial charge in [0.25, 0.3) is 0 Å². The molecule has 3 aromatic carbocycles. The van der Waals surface area contributed by atoms with Crippen molar-refractivity contribution in [2.75, 3.05) is 0 Å². The zero-order valence-electron chi connectivity index (χ0n) is 16.3. The molecule has 0 radical (unpaired) electrons. The normalized spacial score (nSPS) is 13.6. The fraction of sp³-hybridized carbons (Fsp3) is 0.0741. The summed E-state index contributed by atoms with van der Waals surface area (Å²) in [6, 6.07) is 22.0. The largest absolute Gasteiger partial charge is 0.308 e. The molecule has 0 N–H and O–H groups in total. The lowest BCUT2D eigenvalue weighted by Crippen LogP contribution is -1.98. The lowest BCUT2D eigenvalue weighted by Gasteiger charge is -2.13. The fourth-order valence-corrected chi connectivity index (χ4v) is 4.69. The molecule has 2 heteroatoms. The number of hydrogen-bond donors (Lipinski definition) is 0. The summed E-state index contributed by atoms with van der Waals surface area (Å²) in [5, 5.41) is 5.13. The van der Waals surface area contributed by atoms with Crippen molar-refractivity contribution in [3.63, 3.8) is 0 Å². The van der Waals surface area contributed by atoms with Crippen molar-refractivity contribution in [2.24, 2.45) is 0 Å². The Labute approximate surface area is 169 Å². The van der Waals surface area contributed by atoms with Gasteiger partial charge in [-0.3, -0.25) is 4.98 Å². The van der Waals surface area contributed by atoms with Gasteiger partial charge in [0.2, 0.25) is 0 Å². The van der Waals surface area contributed by atoms with Crippen molar-refractivity contribution in [3.8, 4) is 5.69 Å². The van der Waals surface area contributed by atoms with E-state index < -0.39 is 0 Å². The summed E-state index contributed by atoms with van der Waals surface area (Å²) in [6.07, 6.45) is 11.4. The van der Waals surface area contributed by atoms with Gasteiger partial charge in [0, 0.05) is 39.8 Å². The topological polar surface area (TPSA) is 17.8 Å². The van der Waals surface area contributed by atoms with Crippen LogP contribution in [0.3, 0.4) is 0 Å². The molecule has 0 amide bonds. The molecule has 138 valence electrons. The minimum atomic E-state index is 0.983. The van der Waals surface area contributed by atoms with Crippen LogP contribution in [0.5, 0.6) is 0 Å². The molecule has 2 nitrogen and oxygen atoms in total. The van der Waals surface area contributed by atoms with Crippen LogP contribution in [0, 0.1) is 0 Å². The smallest absolute Gasteiger partial charge is 0.0619 e. The first-order valence-corrected chi connectivity index (χ1v) is 10.0. The van der Waals surface area contributed by atoms with Crippen molar-refractivity contribution in [2.45, 2.75) is 13.3 Å². The lowest BCUT2D eigenvalue weighted by atomic mass is 9.98. The van der Waals surface area contributed by atoms with Gasteiger partial charge in [-0.1, -0.05) is 72.3 Å². The Hall–Kier alpha value is -3.65. The average molecular weight is 372 g/mol. The van der Waals surface area contributed by atoms with E-state index in [4.69, 9.17) is 0 Å². The van der Waals surface area contributed by atoms with Gasteiger partial charge in [0.15, 0.2) is 0 Å². The van der Waals surface area contributed by atoms with Crippen LogP contribution >= 0.6 is 0 Å². The predicted molar refractivity (Wildman–Crippen MR) is 123 cm³/mol. The van der Waals surface area contributed by atoms with E-state index in [1.807, 2.05) is 12.4 Å². The summed E-state index contributed by atoms with van der Waals surface area (Å²) >= 11 is 0. The van der Waals surface area contributed by atoms with E-state index in [0.717, 1.165) is 12.1 Å². The minimum Gasteiger partial charge on any atom is -0.308 e. The van der Waals surface area contributed by atoms with Crippen molar-refractivity contribution in [3.05, 3.63) is 102 Å². The van der Waals surface area contributed by atoms with Crippen LogP contribution in [-0.4, -0.2) is 9.55 Å². The highest BCUT2D eigenvalue weighted by Crippen LogP contribution is 2.39. The number of aromatic nitrogens is 2. The maximum absolute atomic E-state index is 4.25. The molecule has 0 saturated carbocycles. The Balaban J connectivity index is 1.88. The fourth-order valence-electron chi connectivity index (χ4n) is 4.69. The maximum atomic E-state index is 4.25. The van der Waals surface area contributed by atoms with E-state index in [-0.39, 0.29) is 0 Å².